The van der Waals surface area contributed by atoms with Crippen LogP contribution in [0.15, 0.2) is 46.1 Å². The molecule has 0 saturated carbocycles. The summed E-state index contributed by atoms with van der Waals surface area (Å²) in [6.45, 7) is 3.78. The fraction of sp³-hybridized carbons (Fsp3) is 0.167. The van der Waals surface area contributed by atoms with Crippen molar-refractivity contribution >= 4 is 11.8 Å². The molecule has 3 rings (SSSR count). The van der Waals surface area contributed by atoms with Gasteiger partial charge in [-0.1, -0.05) is 12.1 Å². The minimum Gasteiger partial charge on any atom is -0.293 e. The van der Waals surface area contributed by atoms with Gasteiger partial charge in [0.1, 0.15) is 0 Å². The van der Waals surface area contributed by atoms with Gasteiger partial charge < -0.3 is 0 Å². The third-order valence-corrected chi connectivity index (χ3v) is 4.72. The summed E-state index contributed by atoms with van der Waals surface area (Å²) in [7, 11) is 0. The zero-order valence-corrected chi connectivity index (χ0v) is 14.4. The van der Waals surface area contributed by atoms with Crippen molar-refractivity contribution in [3.63, 3.8) is 0 Å². The summed E-state index contributed by atoms with van der Waals surface area (Å²) in [5.41, 5.74) is 3.44. The summed E-state index contributed by atoms with van der Waals surface area (Å²) >= 11 is 1.63. The minimum absolute atomic E-state index is 0.152. The Hall–Kier alpha value is -2.78. The summed E-state index contributed by atoms with van der Waals surface area (Å²) in [5, 5.41) is 12.0. The molecule has 0 fully saturated rings. The van der Waals surface area contributed by atoms with E-state index in [1.807, 2.05) is 32.2 Å². The average Bonchev–Trinajstić information content (AvgIpc) is 2.89. The lowest BCUT2D eigenvalue weighted by molar-refractivity contribution is 0.798. The molecule has 0 aliphatic rings. The van der Waals surface area contributed by atoms with Crippen LogP contribution in [0.3, 0.4) is 0 Å². The predicted molar refractivity (Wildman–Crippen MR) is 95.6 cm³/mol. The first kappa shape index (κ1) is 16.1. The van der Waals surface area contributed by atoms with E-state index in [0.29, 0.717) is 16.9 Å². The van der Waals surface area contributed by atoms with Gasteiger partial charge in [0.25, 0.3) is 5.56 Å². The Kier molecular flexibility index (Phi) is 4.28. The lowest BCUT2D eigenvalue weighted by Crippen LogP contribution is -2.17. The van der Waals surface area contributed by atoms with Gasteiger partial charge in [0.05, 0.1) is 22.9 Å². The molecule has 5 nitrogen and oxygen atoms in total. The molecule has 3 aromatic rings. The Balaban J connectivity index is 2.11. The van der Waals surface area contributed by atoms with Crippen LogP contribution in [-0.2, 0) is 0 Å². The normalized spacial score (nSPS) is 10.6. The predicted octanol–water partition coefficient (Wildman–Crippen LogP) is 3.44. The molecule has 0 unspecified atom stereocenters. The van der Waals surface area contributed by atoms with Crippen LogP contribution in [0.4, 0.5) is 0 Å². The minimum atomic E-state index is -0.152. The van der Waals surface area contributed by atoms with Crippen LogP contribution in [0.2, 0.25) is 0 Å². The Morgan fingerprint density at radius 1 is 1.17 bits per heavy atom. The number of thioether (sulfide) groups is 1. The Morgan fingerprint density at radius 3 is 2.46 bits per heavy atom. The molecular weight excluding hydrogens is 320 g/mol. The second-order valence-corrected chi connectivity index (χ2v) is 6.25. The number of pyridine rings is 1. The molecule has 2 aromatic heterocycles. The molecule has 0 spiro atoms. The van der Waals surface area contributed by atoms with Crippen LogP contribution in [0.5, 0.6) is 0 Å². The second-order valence-electron chi connectivity index (χ2n) is 5.40. The number of aromatic nitrogens is 3. The average molecular weight is 336 g/mol. The first-order chi connectivity index (χ1) is 11.5. The van der Waals surface area contributed by atoms with E-state index in [2.05, 4.69) is 16.2 Å². The van der Waals surface area contributed by atoms with E-state index in [9.17, 15) is 4.79 Å². The van der Waals surface area contributed by atoms with E-state index in [0.717, 1.165) is 21.8 Å². The van der Waals surface area contributed by atoms with Crippen LogP contribution < -0.4 is 5.56 Å². The van der Waals surface area contributed by atoms with Crippen molar-refractivity contribution in [1.82, 2.24) is 14.8 Å². The largest absolute Gasteiger partial charge is 0.293 e. The third-order valence-electron chi connectivity index (χ3n) is 3.85. The van der Waals surface area contributed by atoms with Gasteiger partial charge in [-0.15, -0.1) is 11.8 Å². The van der Waals surface area contributed by atoms with Crippen LogP contribution >= 0.6 is 11.8 Å². The number of aromatic amines is 1. The second kappa shape index (κ2) is 6.38. The molecule has 2 heterocycles. The maximum Gasteiger partial charge on any atom is 0.280 e. The first-order valence-electron chi connectivity index (χ1n) is 7.39. The molecule has 1 N–H and O–H groups in total. The van der Waals surface area contributed by atoms with E-state index in [1.54, 1.807) is 36.0 Å². The fourth-order valence-corrected chi connectivity index (χ4v) is 3.18. The zero-order chi connectivity index (χ0) is 17.3. The summed E-state index contributed by atoms with van der Waals surface area (Å²) in [5.74, 6) is 0.568. The Bertz CT molecular complexity index is 993. The van der Waals surface area contributed by atoms with E-state index in [1.165, 1.54) is 4.68 Å². The highest BCUT2D eigenvalue weighted by atomic mass is 32.2. The molecule has 0 atom stereocenters. The van der Waals surface area contributed by atoms with E-state index in [-0.39, 0.29) is 5.56 Å². The number of hydrogen-bond donors (Lipinski definition) is 1. The first-order valence-corrected chi connectivity index (χ1v) is 8.61. The molecule has 6 heteroatoms. The zero-order valence-electron chi connectivity index (χ0n) is 13.6. The maximum absolute atomic E-state index is 12.8. The molecule has 0 amide bonds. The molecule has 0 radical (unpaired) electrons. The highest BCUT2D eigenvalue weighted by molar-refractivity contribution is 7.98. The monoisotopic (exact) mass is 336 g/mol. The van der Waals surface area contributed by atoms with Gasteiger partial charge in [0, 0.05) is 10.6 Å². The topological polar surface area (TPSA) is 74.5 Å². The van der Waals surface area contributed by atoms with Crippen LogP contribution in [0, 0.1) is 25.2 Å². The quantitative estimate of drug-likeness (QED) is 0.744. The SMILES string of the molecule is CSc1ccc(-n2[nH]c(C)c(-c3ccc(C#N)cc3)c2=O)nc1C. The highest BCUT2D eigenvalue weighted by Gasteiger charge is 2.15. The smallest absolute Gasteiger partial charge is 0.280 e. The molecule has 1 aromatic carbocycles. The van der Waals surface area contributed by atoms with Crippen molar-refractivity contribution in [3.05, 3.63) is 63.7 Å². The molecule has 24 heavy (non-hydrogen) atoms. The van der Waals surface area contributed by atoms with E-state index >= 15 is 0 Å². The molecule has 0 saturated heterocycles. The molecule has 0 aliphatic carbocycles. The van der Waals surface area contributed by atoms with Crippen LogP contribution in [0.1, 0.15) is 17.0 Å². The van der Waals surface area contributed by atoms with Crippen molar-refractivity contribution in [2.24, 2.45) is 0 Å². The van der Waals surface area contributed by atoms with Crippen LogP contribution in [0.25, 0.3) is 16.9 Å². The number of nitrogens with zero attached hydrogens (tertiary/aromatic N) is 3. The Morgan fingerprint density at radius 2 is 1.88 bits per heavy atom. The number of aryl methyl sites for hydroxylation is 2. The molecule has 0 aliphatic heterocycles. The summed E-state index contributed by atoms with van der Waals surface area (Å²) in [4.78, 5) is 18.4. The van der Waals surface area contributed by atoms with Gasteiger partial charge in [0.15, 0.2) is 5.82 Å². The van der Waals surface area contributed by atoms with Crippen molar-refractivity contribution < 1.29 is 0 Å². The number of H-pyrrole nitrogens is 1. The number of hydrogen-bond acceptors (Lipinski definition) is 4. The summed E-state index contributed by atoms with van der Waals surface area (Å²) in [6.07, 6.45) is 2.00. The van der Waals surface area contributed by atoms with Gasteiger partial charge >= 0.3 is 0 Å². The van der Waals surface area contributed by atoms with Gasteiger partial charge in [-0.05, 0) is 49.9 Å². The molecule has 120 valence electrons. The van der Waals surface area contributed by atoms with Crippen LogP contribution in [-0.4, -0.2) is 21.0 Å². The van der Waals surface area contributed by atoms with Crippen molar-refractivity contribution in [2.45, 2.75) is 18.7 Å². The van der Waals surface area contributed by atoms with Gasteiger partial charge in [-0.2, -0.15) is 5.26 Å². The number of nitrogens with one attached hydrogen (secondary N) is 1. The third kappa shape index (κ3) is 2.74. The van der Waals surface area contributed by atoms with Crippen molar-refractivity contribution in [3.8, 4) is 23.0 Å². The van der Waals surface area contributed by atoms with Gasteiger partial charge in [-0.25, -0.2) is 9.67 Å². The van der Waals surface area contributed by atoms with Crippen molar-refractivity contribution in [2.75, 3.05) is 6.26 Å². The highest BCUT2D eigenvalue weighted by Crippen LogP contribution is 2.22. The number of benzene rings is 1. The summed E-state index contributed by atoms with van der Waals surface area (Å²) in [6, 6.07) is 12.9. The number of rotatable bonds is 3. The molecule has 0 bridgehead atoms. The summed E-state index contributed by atoms with van der Waals surface area (Å²) < 4.78 is 1.46. The van der Waals surface area contributed by atoms with Crippen molar-refractivity contribution in [1.29, 1.82) is 5.26 Å². The Labute approximate surface area is 144 Å². The van der Waals surface area contributed by atoms with E-state index < -0.39 is 0 Å². The lowest BCUT2D eigenvalue weighted by Gasteiger charge is -2.05. The molecular formula is C18H16N4OS. The fourth-order valence-electron chi connectivity index (χ4n) is 2.63. The van der Waals surface area contributed by atoms with E-state index in [4.69, 9.17) is 5.26 Å². The maximum atomic E-state index is 12.8. The van der Waals surface area contributed by atoms with Gasteiger partial charge in [-0.3, -0.25) is 9.89 Å². The standard InChI is InChI=1S/C18H16N4OS/c1-11-15(24-3)8-9-16(20-11)22-18(23)17(12(2)21-22)14-6-4-13(10-19)5-7-14/h4-9,21H,1-3H3. The van der Waals surface area contributed by atoms with Gasteiger partial charge in [0.2, 0.25) is 0 Å². The lowest BCUT2D eigenvalue weighted by atomic mass is 10.1. The number of nitriles is 1.